The quantitative estimate of drug-likeness (QED) is 0.787. The molecule has 0 radical (unpaired) electrons. The molecular formula is C22H22ClN3O3. The van der Waals surface area contributed by atoms with Crippen LogP contribution in [0.3, 0.4) is 0 Å². The number of nitrogens with one attached hydrogen (secondary N) is 1. The van der Waals surface area contributed by atoms with Crippen LogP contribution < -0.4 is 5.32 Å². The van der Waals surface area contributed by atoms with Gasteiger partial charge in [0.15, 0.2) is 0 Å². The Hall–Kier alpha value is -2.86. The first kappa shape index (κ1) is 19.5. The molecule has 1 atom stereocenters. The molecule has 1 N–H and O–H groups in total. The minimum absolute atomic E-state index is 0.160. The van der Waals surface area contributed by atoms with E-state index in [0.717, 1.165) is 11.1 Å². The van der Waals surface area contributed by atoms with Gasteiger partial charge in [-0.05, 0) is 43.5 Å². The van der Waals surface area contributed by atoms with Crippen LogP contribution in [0.1, 0.15) is 34.3 Å². The number of likely N-dealkylation sites (tertiary alicyclic amines) is 1. The number of aryl methyl sites for hydroxylation is 1. The number of carbonyl (C=O) groups excluding carboxylic acids is 3. The van der Waals surface area contributed by atoms with Crippen LogP contribution in [0.25, 0.3) is 0 Å². The molecule has 4 amide bonds. The van der Waals surface area contributed by atoms with E-state index in [1.54, 1.807) is 29.2 Å². The number of nitrogens with zero attached hydrogens (tertiary/aromatic N) is 2. The molecule has 29 heavy (non-hydrogen) atoms. The highest BCUT2D eigenvalue weighted by Crippen LogP contribution is 2.30. The second-order valence-electron chi connectivity index (χ2n) is 7.73. The van der Waals surface area contributed by atoms with Crippen molar-refractivity contribution in [3.8, 4) is 0 Å². The average Bonchev–Trinajstić information content (AvgIpc) is 2.93. The van der Waals surface area contributed by atoms with Gasteiger partial charge in [0.2, 0.25) is 0 Å². The second kappa shape index (κ2) is 7.52. The minimum Gasteiger partial charge on any atom is -0.336 e. The number of carbonyl (C=O) groups is 3. The summed E-state index contributed by atoms with van der Waals surface area (Å²) in [5, 5.41) is 3.35. The Morgan fingerprint density at radius 1 is 1.17 bits per heavy atom. The summed E-state index contributed by atoms with van der Waals surface area (Å²) in [6, 6.07) is 14.1. The first-order valence-electron chi connectivity index (χ1n) is 9.62. The lowest BCUT2D eigenvalue weighted by atomic mass is 9.88. The molecule has 2 saturated heterocycles. The van der Waals surface area contributed by atoms with Crippen molar-refractivity contribution in [3.05, 3.63) is 70.2 Å². The normalized spacial score (nSPS) is 21.6. The van der Waals surface area contributed by atoms with E-state index in [1.165, 1.54) is 4.90 Å². The molecule has 2 aliphatic heterocycles. The van der Waals surface area contributed by atoms with Gasteiger partial charge in [0, 0.05) is 17.1 Å². The van der Waals surface area contributed by atoms with Crippen LogP contribution in [0, 0.1) is 6.92 Å². The fourth-order valence-corrected chi connectivity index (χ4v) is 4.20. The molecule has 0 bridgehead atoms. The first-order chi connectivity index (χ1) is 13.9. The van der Waals surface area contributed by atoms with E-state index in [9.17, 15) is 14.4 Å². The monoisotopic (exact) mass is 411 g/mol. The highest BCUT2D eigenvalue weighted by molar-refractivity contribution is 6.31. The molecule has 1 spiro atoms. The lowest BCUT2D eigenvalue weighted by molar-refractivity contribution is -0.133. The lowest BCUT2D eigenvalue weighted by Gasteiger charge is -2.38. The summed E-state index contributed by atoms with van der Waals surface area (Å²) in [5.74, 6) is -0.461. The predicted molar refractivity (Wildman–Crippen MR) is 110 cm³/mol. The van der Waals surface area contributed by atoms with Crippen molar-refractivity contribution in [2.45, 2.75) is 31.8 Å². The van der Waals surface area contributed by atoms with E-state index in [-0.39, 0.29) is 24.9 Å². The Labute approximate surface area is 174 Å². The third-order valence-corrected chi connectivity index (χ3v) is 5.79. The predicted octanol–water partition coefficient (Wildman–Crippen LogP) is 3.38. The molecule has 0 aliphatic carbocycles. The zero-order valence-electron chi connectivity index (χ0n) is 16.2. The molecule has 7 heteroatoms. The van der Waals surface area contributed by atoms with Crippen molar-refractivity contribution in [3.63, 3.8) is 0 Å². The van der Waals surface area contributed by atoms with Crippen molar-refractivity contribution in [1.82, 2.24) is 15.1 Å². The fraction of sp³-hybridized carbons (Fsp3) is 0.318. The van der Waals surface area contributed by atoms with Gasteiger partial charge in [-0.1, -0.05) is 47.5 Å². The number of benzene rings is 2. The minimum atomic E-state index is -1.06. The van der Waals surface area contributed by atoms with E-state index < -0.39 is 11.6 Å². The fourth-order valence-electron chi connectivity index (χ4n) is 4.01. The summed E-state index contributed by atoms with van der Waals surface area (Å²) in [6.45, 7) is 2.90. The summed E-state index contributed by atoms with van der Waals surface area (Å²) in [6.07, 6.45) is 1.15. The highest BCUT2D eigenvalue weighted by atomic mass is 35.5. The summed E-state index contributed by atoms with van der Waals surface area (Å²) >= 11 is 6.01. The molecule has 2 fully saturated rings. The molecule has 2 aliphatic rings. The van der Waals surface area contributed by atoms with Gasteiger partial charge in [0.05, 0.1) is 13.1 Å². The largest absolute Gasteiger partial charge is 0.336 e. The Morgan fingerprint density at radius 2 is 1.93 bits per heavy atom. The van der Waals surface area contributed by atoms with Crippen molar-refractivity contribution < 1.29 is 14.4 Å². The number of hydrogen-bond acceptors (Lipinski definition) is 3. The maximum absolute atomic E-state index is 13.2. The van der Waals surface area contributed by atoms with Crippen LogP contribution in [-0.2, 0) is 11.3 Å². The molecule has 2 aromatic rings. The molecule has 0 unspecified atom stereocenters. The average molecular weight is 412 g/mol. The van der Waals surface area contributed by atoms with Gasteiger partial charge in [-0.25, -0.2) is 4.79 Å². The zero-order chi connectivity index (χ0) is 20.6. The Bertz CT molecular complexity index is 976. The third kappa shape index (κ3) is 3.72. The number of amides is 4. The van der Waals surface area contributed by atoms with Crippen molar-refractivity contribution in [2.24, 2.45) is 0 Å². The Kier molecular flexibility index (Phi) is 5.04. The summed E-state index contributed by atoms with van der Waals surface area (Å²) in [5.41, 5.74) is 1.42. The zero-order valence-corrected chi connectivity index (χ0v) is 16.9. The molecule has 0 aromatic heterocycles. The number of piperidine rings is 1. The molecule has 2 aromatic carbocycles. The maximum Gasteiger partial charge on any atom is 0.325 e. The number of hydrogen-bond donors (Lipinski definition) is 1. The molecule has 150 valence electrons. The molecule has 6 nitrogen and oxygen atoms in total. The topological polar surface area (TPSA) is 69.7 Å². The maximum atomic E-state index is 13.2. The van der Waals surface area contributed by atoms with E-state index in [0.29, 0.717) is 30.0 Å². The van der Waals surface area contributed by atoms with Crippen LogP contribution in [0.5, 0.6) is 0 Å². The molecular weight excluding hydrogens is 390 g/mol. The van der Waals surface area contributed by atoms with Crippen molar-refractivity contribution >= 4 is 29.4 Å². The summed E-state index contributed by atoms with van der Waals surface area (Å²) in [7, 11) is 0. The smallest absolute Gasteiger partial charge is 0.325 e. The van der Waals surface area contributed by atoms with Gasteiger partial charge in [-0.2, -0.15) is 0 Å². The van der Waals surface area contributed by atoms with Gasteiger partial charge in [0.25, 0.3) is 11.8 Å². The van der Waals surface area contributed by atoms with Gasteiger partial charge < -0.3 is 10.2 Å². The molecule has 0 saturated carbocycles. The number of imide groups is 1. The van der Waals surface area contributed by atoms with Gasteiger partial charge in [-0.15, -0.1) is 0 Å². The van der Waals surface area contributed by atoms with Gasteiger partial charge in [0.1, 0.15) is 5.54 Å². The third-order valence-electron chi connectivity index (χ3n) is 5.56. The van der Waals surface area contributed by atoms with Crippen molar-refractivity contribution in [1.29, 1.82) is 0 Å². The van der Waals surface area contributed by atoms with Crippen LogP contribution in [0.4, 0.5) is 4.79 Å². The van der Waals surface area contributed by atoms with Crippen molar-refractivity contribution in [2.75, 3.05) is 13.1 Å². The van der Waals surface area contributed by atoms with E-state index in [2.05, 4.69) is 5.32 Å². The van der Waals surface area contributed by atoms with E-state index in [1.807, 2.05) is 31.2 Å². The van der Waals surface area contributed by atoms with Crippen LogP contribution in [-0.4, -0.2) is 46.3 Å². The summed E-state index contributed by atoms with van der Waals surface area (Å²) < 4.78 is 0. The number of rotatable bonds is 3. The number of urea groups is 1. The second-order valence-corrected chi connectivity index (χ2v) is 8.17. The summed E-state index contributed by atoms with van der Waals surface area (Å²) in [4.78, 5) is 41.6. The Morgan fingerprint density at radius 3 is 2.66 bits per heavy atom. The SMILES string of the molecule is Cc1ccc(CN2C(=O)N[C@@]3(CCCN(C(=O)c4cccc(Cl)c4)C3)C2=O)cc1. The first-order valence-corrected chi connectivity index (χ1v) is 10.0. The lowest BCUT2D eigenvalue weighted by Crippen LogP contribution is -2.59. The molecule has 2 heterocycles. The van der Waals surface area contributed by atoms with Crippen LogP contribution in [0.2, 0.25) is 5.02 Å². The van der Waals surface area contributed by atoms with Crippen LogP contribution >= 0.6 is 11.6 Å². The van der Waals surface area contributed by atoms with E-state index >= 15 is 0 Å². The number of halogens is 1. The highest BCUT2D eigenvalue weighted by Gasteiger charge is 2.53. The van der Waals surface area contributed by atoms with Crippen LogP contribution in [0.15, 0.2) is 48.5 Å². The molecule has 4 rings (SSSR count). The van der Waals surface area contributed by atoms with E-state index in [4.69, 9.17) is 11.6 Å². The Balaban J connectivity index is 1.53. The van der Waals surface area contributed by atoms with Gasteiger partial charge >= 0.3 is 6.03 Å². The standard InChI is InChI=1S/C22H22ClN3O3/c1-15-6-8-16(9-7-15)13-26-20(28)22(24-21(26)29)10-3-11-25(14-22)19(27)17-4-2-5-18(23)12-17/h2,4-9,12H,3,10-11,13-14H2,1H3,(H,24,29)/t22-/m1/s1. The van der Waals surface area contributed by atoms with Gasteiger partial charge in [-0.3, -0.25) is 14.5 Å².